The average Bonchev–Trinajstić information content (AvgIpc) is 2.46. The summed E-state index contributed by atoms with van der Waals surface area (Å²) in [5.74, 6) is 1.12. The van der Waals surface area contributed by atoms with Crippen LogP contribution in [0.3, 0.4) is 0 Å². The molecule has 0 amide bonds. The summed E-state index contributed by atoms with van der Waals surface area (Å²) in [6.45, 7) is 18.3. The summed E-state index contributed by atoms with van der Waals surface area (Å²) in [6, 6.07) is 14.0. The summed E-state index contributed by atoms with van der Waals surface area (Å²) in [5, 5.41) is 0. The van der Waals surface area contributed by atoms with Gasteiger partial charge in [0.25, 0.3) is 0 Å². The van der Waals surface area contributed by atoms with E-state index in [9.17, 15) is 0 Å². The molecule has 2 aromatic carbocycles. The Morgan fingerprint density at radius 2 is 1.21 bits per heavy atom. The molecule has 0 saturated heterocycles. The van der Waals surface area contributed by atoms with Crippen molar-refractivity contribution in [1.82, 2.24) is 0 Å². The highest BCUT2D eigenvalue weighted by Crippen LogP contribution is 2.33. The average molecular weight is 323 g/mol. The van der Waals surface area contributed by atoms with Gasteiger partial charge in [-0.2, -0.15) is 0 Å². The van der Waals surface area contributed by atoms with E-state index in [0.717, 1.165) is 6.42 Å². The summed E-state index contributed by atoms with van der Waals surface area (Å²) in [7, 11) is 0. The van der Waals surface area contributed by atoms with E-state index >= 15 is 0 Å². The molecule has 2 rings (SSSR count). The number of benzene rings is 2. The second-order valence-electron chi connectivity index (χ2n) is 9.02. The van der Waals surface area contributed by atoms with Crippen LogP contribution < -0.4 is 0 Å². The van der Waals surface area contributed by atoms with Crippen LogP contribution in [-0.2, 0) is 6.42 Å². The zero-order chi connectivity index (χ0) is 18.1. The van der Waals surface area contributed by atoms with E-state index in [1.54, 1.807) is 0 Å². The topological polar surface area (TPSA) is 0 Å². The lowest BCUT2D eigenvalue weighted by atomic mass is 9.85. The molecule has 0 saturated carbocycles. The van der Waals surface area contributed by atoms with Crippen molar-refractivity contribution in [1.29, 1.82) is 0 Å². The highest BCUT2D eigenvalue weighted by Gasteiger charge is 2.14. The summed E-state index contributed by atoms with van der Waals surface area (Å²) in [4.78, 5) is 0. The Morgan fingerprint density at radius 3 is 1.58 bits per heavy atom. The van der Waals surface area contributed by atoms with Crippen molar-refractivity contribution in [3.63, 3.8) is 0 Å². The van der Waals surface area contributed by atoms with Crippen LogP contribution in [0.2, 0.25) is 0 Å². The zero-order valence-electron chi connectivity index (χ0n) is 16.8. The maximum absolute atomic E-state index is 2.39. The van der Waals surface area contributed by atoms with Crippen LogP contribution in [0, 0.1) is 12.3 Å². The first-order valence-corrected chi connectivity index (χ1v) is 9.32. The first-order chi connectivity index (χ1) is 11.1. The van der Waals surface area contributed by atoms with Crippen molar-refractivity contribution in [3.05, 3.63) is 58.7 Å². The van der Waals surface area contributed by atoms with Gasteiger partial charge in [-0.1, -0.05) is 84.9 Å². The molecule has 0 heteroatoms. The maximum Gasteiger partial charge on any atom is -0.0178 e. The minimum Gasteiger partial charge on any atom is -0.0599 e. The molecule has 0 bridgehead atoms. The van der Waals surface area contributed by atoms with Crippen LogP contribution in [-0.4, -0.2) is 0 Å². The Kier molecular flexibility index (Phi) is 5.58. The zero-order valence-corrected chi connectivity index (χ0v) is 16.8. The Hall–Kier alpha value is -1.56. The van der Waals surface area contributed by atoms with Crippen molar-refractivity contribution in [2.24, 2.45) is 5.41 Å². The Morgan fingerprint density at radius 1 is 0.750 bits per heavy atom. The van der Waals surface area contributed by atoms with Crippen molar-refractivity contribution >= 4 is 0 Å². The largest absolute Gasteiger partial charge is 0.0599 e. The van der Waals surface area contributed by atoms with Crippen molar-refractivity contribution in [2.45, 2.75) is 73.6 Å². The lowest BCUT2D eigenvalue weighted by Crippen LogP contribution is -2.08. The minimum atomic E-state index is 0.334. The molecule has 0 atom stereocenters. The van der Waals surface area contributed by atoms with Gasteiger partial charge in [0.2, 0.25) is 0 Å². The molecule has 24 heavy (non-hydrogen) atoms. The van der Waals surface area contributed by atoms with E-state index in [1.165, 1.54) is 33.4 Å². The van der Waals surface area contributed by atoms with Crippen molar-refractivity contribution in [2.75, 3.05) is 0 Å². The third-order valence-electron chi connectivity index (χ3n) is 4.75. The molecule has 0 fully saturated rings. The molecule has 0 nitrogen and oxygen atoms in total. The lowest BCUT2D eigenvalue weighted by molar-refractivity contribution is 0.411. The van der Waals surface area contributed by atoms with Gasteiger partial charge in [0.1, 0.15) is 0 Å². The summed E-state index contributed by atoms with van der Waals surface area (Å²) in [5.41, 5.74) is 8.87. The molecule has 0 radical (unpaired) electrons. The molecule has 0 N–H and O–H groups in total. The fourth-order valence-corrected chi connectivity index (χ4v) is 3.55. The predicted octanol–water partition coefficient (Wildman–Crippen LogP) is 7.50. The van der Waals surface area contributed by atoms with Gasteiger partial charge in [0, 0.05) is 0 Å². The van der Waals surface area contributed by atoms with Crippen LogP contribution in [0.15, 0.2) is 36.4 Å². The van der Waals surface area contributed by atoms with E-state index in [2.05, 4.69) is 91.8 Å². The smallest absolute Gasteiger partial charge is 0.0178 e. The molecule has 0 aliphatic heterocycles. The highest BCUT2D eigenvalue weighted by molar-refractivity contribution is 5.67. The first kappa shape index (κ1) is 18.8. The van der Waals surface area contributed by atoms with Gasteiger partial charge in [-0.3, -0.25) is 0 Å². The Labute approximate surface area is 149 Å². The molecule has 0 spiro atoms. The summed E-state index contributed by atoms with van der Waals surface area (Å²) < 4.78 is 0. The van der Waals surface area contributed by atoms with Crippen LogP contribution >= 0.6 is 0 Å². The van der Waals surface area contributed by atoms with E-state index in [1.807, 2.05) is 0 Å². The molecule has 0 aliphatic carbocycles. The number of hydrogen-bond donors (Lipinski definition) is 0. The predicted molar refractivity (Wildman–Crippen MR) is 108 cm³/mol. The van der Waals surface area contributed by atoms with Gasteiger partial charge >= 0.3 is 0 Å². The summed E-state index contributed by atoms with van der Waals surface area (Å²) in [6.07, 6.45) is 1.12. The van der Waals surface area contributed by atoms with Crippen LogP contribution in [0.25, 0.3) is 11.1 Å². The Bertz CT molecular complexity index is 650. The normalized spacial score (nSPS) is 12.2. The summed E-state index contributed by atoms with van der Waals surface area (Å²) >= 11 is 0. The van der Waals surface area contributed by atoms with E-state index < -0.39 is 0 Å². The van der Waals surface area contributed by atoms with E-state index in [-0.39, 0.29) is 0 Å². The van der Waals surface area contributed by atoms with Gasteiger partial charge < -0.3 is 0 Å². The van der Waals surface area contributed by atoms with Crippen molar-refractivity contribution < 1.29 is 0 Å². The second kappa shape index (κ2) is 7.13. The van der Waals surface area contributed by atoms with Crippen LogP contribution in [0.1, 0.15) is 82.6 Å². The molecule has 0 heterocycles. The fraction of sp³-hybridized carbons (Fsp3) is 0.500. The monoisotopic (exact) mass is 322 g/mol. The molecular formula is C24H34. The molecular weight excluding hydrogens is 288 g/mol. The van der Waals surface area contributed by atoms with Gasteiger partial charge in [-0.05, 0) is 64.0 Å². The van der Waals surface area contributed by atoms with E-state index in [4.69, 9.17) is 0 Å². The highest BCUT2D eigenvalue weighted by atomic mass is 14.2. The second-order valence-corrected chi connectivity index (χ2v) is 9.02. The number of rotatable bonds is 4. The molecule has 0 unspecified atom stereocenters. The Balaban J connectivity index is 2.44. The van der Waals surface area contributed by atoms with E-state index in [0.29, 0.717) is 17.3 Å². The third kappa shape index (κ3) is 4.50. The van der Waals surface area contributed by atoms with Crippen molar-refractivity contribution in [3.8, 4) is 11.1 Å². The lowest BCUT2D eigenvalue weighted by Gasteiger charge is -2.20. The van der Waals surface area contributed by atoms with Gasteiger partial charge in [0.05, 0.1) is 0 Å². The molecule has 0 aliphatic rings. The first-order valence-electron chi connectivity index (χ1n) is 9.32. The standard InChI is InChI=1S/C24H34/c1-16(2)22-13-21(14-23(17(3)4)18(22)5)20-11-9-19(10-12-20)15-24(6,7)8/h9-14,16-17H,15H2,1-8H3. The third-order valence-corrected chi connectivity index (χ3v) is 4.75. The van der Waals surface area contributed by atoms with Crippen LogP contribution in [0.4, 0.5) is 0 Å². The molecule has 130 valence electrons. The molecule has 2 aromatic rings. The maximum atomic E-state index is 2.39. The minimum absolute atomic E-state index is 0.334. The fourth-order valence-electron chi connectivity index (χ4n) is 3.55. The SMILES string of the molecule is Cc1c(C(C)C)cc(-c2ccc(CC(C)(C)C)cc2)cc1C(C)C. The van der Waals surface area contributed by atoms with Gasteiger partial charge in [0.15, 0.2) is 0 Å². The van der Waals surface area contributed by atoms with Gasteiger partial charge in [-0.25, -0.2) is 0 Å². The quantitative estimate of drug-likeness (QED) is 0.546. The van der Waals surface area contributed by atoms with Gasteiger partial charge in [-0.15, -0.1) is 0 Å². The molecule has 0 aromatic heterocycles. The number of hydrogen-bond acceptors (Lipinski definition) is 0. The van der Waals surface area contributed by atoms with Crippen LogP contribution in [0.5, 0.6) is 0 Å².